The van der Waals surface area contributed by atoms with Gasteiger partial charge in [-0.15, -0.1) is 0 Å². The van der Waals surface area contributed by atoms with Gasteiger partial charge in [-0.1, -0.05) is 50.1 Å². The normalized spacial score (nSPS) is 19.4. The Morgan fingerprint density at radius 2 is 1.88 bits per heavy atom. The Morgan fingerprint density at radius 1 is 1.19 bits per heavy atom. The first-order valence-electron chi connectivity index (χ1n) is 6.55. The summed E-state index contributed by atoms with van der Waals surface area (Å²) in [4.78, 5) is 0. The van der Waals surface area contributed by atoms with Crippen LogP contribution in [-0.2, 0) is 0 Å². The first kappa shape index (κ1) is 11.7. The molecule has 0 aromatic heterocycles. The van der Waals surface area contributed by atoms with Gasteiger partial charge in [0.2, 0.25) is 0 Å². The summed E-state index contributed by atoms with van der Waals surface area (Å²) in [7, 11) is 0. The number of rotatable bonds is 6. The van der Waals surface area contributed by atoms with Crippen LogP contribution in [0.25, 0.3) is 0 Å². The molecule has 1 aliphatic rings. The van der Waals surface area contributed by atoms with Gasteiger partial charge >= 0.3 is 0 Å². The topological polar surface area (TPSA) is 12.0 Å². The highest BCUT2D eigenvalue weighted by atomic mass is 14.9. The van der Waals surface area contributed by atoms with E-state index in [1.807, 2.05) is 0 Å². The molecule has 0 saturated heterocycles. The highest BCUT2D eigenvalue weighted by Gasteiger charge is 2.21. The lowest BCUT2D eigenvalue weighted by molar-refractivity contribution is 0.467. The number of hydrogen-bond acceptors (Lipinski definition) is 1. The molecule has 1 fully saturated rings. The Bertz CT molecular complexity index is 302. The van der Waals surface area contributed by atoms with Crippen molar-refractivity contribution in [2.24, 2.45) is 5.92 Å². The number of nitrogens with one attached hydrogen (secondary N) is 1. The van der Waals surface area contributed by atoms with E-state index in [0.717, 1.165) is 5.92 Å². The van der Waals surface area contributed by atoms with Gasteiger partial charge in [0.15, 0.2) is 0 Å². The third kappa shape index (κ3) is 3.34. The minimum Gasteiger partial charge on any atom is -0.314 e. The minimum atomic E-state index is 0.571. The Morgan fingerprint density at radius 3 is 2.50 bits per heavy atom. The van der Waals surface area contributed by atoms with Crippen molar-refractivity contribution in [2.45, 2.75) is 45.1 Å². The van der Waals surface area contributed by atoms with Gasteiger partial charge in [-0.05, 0) is 37.3 Å². The minimum absolute atomic E-state index is 0.571. The number of hydrogen-bond donors (Lipinski definition) is 1. The summed E-state index contributed by atoms with van der Waals surface area (Å²) in [6.07, 6.45) is 4.29. The molecule has 1 saturated carbocycles. The molecule has 0 spiro atoms. The van der Waals surface area contributed by atoms with Crippen molar-refractivity contribution in [2.75, 3.05) is 6.54 Å². The molecule has 0 bridgehead atoms. The van der Waals surface area contributed by atoms with Gasteiger partial charge in [0.05, 0.1) is 0 Å². The lowest BCUT2D eigenvalue weighted by Crippen LogP contribution is -2.31. The molecule has 16 heavy (non-hydrogen) atoms. The molecular weight excluding hydrogens is 194 g/mol. The van der Waals surface area contributed by atoms with Crippen molar-refractivity contribution in [3.63, 3.8) is 0 Å². The molecule has 1 aromatic carbocycles. The van der Waals surface area contributed by atoms with Crippen LogP contribution in [0.15, 0.2) is 30.3 Å². The molecule has 1 nitrogen and oxygen atoms in total. The summed E-state index contributed by atoms with van der Waals surface area (Å²) in [6.45, 7) is 5.79. The summed E-state index contributed by atoms with van der Waals surface area (Å²) < 4.78 is 0. The molecule has 1 aromatic rings. The fourth-order valence-corrected chi connectivity index (χ4v) is 2.14. The van der Waals surface area contributed by atoms with Crippen LogP contribution >= 0.6 is 0 Å². The fraction of sp³-hybridized carbons (Fsp3) is 0.600. The Balaban J connectivity index is 1.76. The average molecular weight is 217 g/mol. The third-order valence-electron chi connectivity index (χ3n) is 3.79. The van der Waals surface area contributed by atoms with Gasteiger partial charge in [-0.2, -0.15) is 0 Å². The zero-order valence-electron chi connectivity index (χ0n) is 10.4. The number of benzene rings is 1. The standard InChI is InChI=1S/C15H23N/c1-12(15-6-4-3-5-7-15)13(2)16-11-10-14-8-9-14/h3-7,12-14,16H,8-11H2,1-2H3. The summed E-state index contributed by atoms with van der Waals surface area (Å²) in [5.41, 5.74) is 1.44. The zero-order valence-corrected chi connectivity index (χ0v) is 10.4. The van der Waals surface area contributed by atoms with E-state index in [1.165, 1.54) is 31.4 Å². The molecule has 1 aliphatic carbocycles. The first-order chi connectivity index (χ1) is 7.77. The van der Waals surface area contributed by atoms with Gasteiger partial charge in [-0.25, -0.2) is 0 Å². The lowest BCUT2D eigenvalue weighted by Gasteiger charge is -2.21. The SMILES string of the molecule is CC(NCCC1CC1)C(C)c1ccccc1. The molecule has 0 amide bonds. The van der Waals surface area contributed by atoms with Crippen LogP contribution in [0.3, 0.4) is 0 Å². The maximum atomic E-state index is 3.65. The monoisotopic (exact) mass is 217 g/mol. The lowest BCUT2D eigenvalue weighted by atomic mass is 9.94. The van der Waals surface area contributed by atoms with Crippen LogP contribution in [0, 0.1) is 5.92 Å². The zero-order chi connectivity index (χ0) is 11.4. The van der Waals surface area contributed by atoms with Crippen LogP contribution in [0.2, 0.25) is 0 Å². The van der Waals surface area contributed by atoms with Crippen LogP contribution in [0.4, 0.5) is 0 Å². The molecule has 0 heterocycles. The van der Waals surface area contributed by atoms with Crippen LogP contribution < -0.4 is 5.32 Å². The quantitative estimate of drug-likeness (QED) is 0.768. The maximum absolute atomic E-state index is 3.65. The van der Waals surface area contributed by atoms with Gasteiger partial charge in [-0.3, -0.25) is 0 Å². The van der Waals surface area contributed by atoms with E-state index in [4.69, 9.17) is 0 Å². The van der Waals surface area contributed by atoms with E-state index in [9.17, 15) is 0 Å². The predicted molar refractivity (Wildman–Crippen MR) is 69.7 cm³/mol. The second kappa shape index (κ2) is 5.49. The van der Waals surface area contributed by atoms with Crippen molar-refractivity contribution in [1.29, 1.82) is 0 Å². The van der Waals surface area contributed by atoms with E-state index >= 15 is 0 Å². The summed E-state index contributed by atoms with van der Waals surface area (Å²) in [6, 6.07) is 11.4. The molecule has 88 valence electrons. The summed E-state index contributed by atoms with van der Waals surface area (Å²) >= 11 is 0. The van der Waals surface area contributed by atoms with Crippen LogP contribution in [0.5, 0.6) is 0 Å². The van der Waals surface area contributed by atoms with Gasteiger partial charge in [0, 0.05) is 6.04 Å². The molecule has 1 N–H and O–H groups in total. The molecule has 2 rings (SSSR count). The molecule has 2 unspecified atom stereocenters. The molecule has 1 heteroatoms. The van der Waals surface area contributed by atoms with Gasteiger partial charge < -0.3 is 5.32 Å². The van der Waals surface area contributed by atoms with Crippen molar-refractivity contribution in [3.8, 4) is 0 Å². The van der Waals surface area contributed by atoms with Crippen molar-refractivity contribution < 1.29 is 0 Å². The molecule has 2 atom stereocenters. The summed E-state index contributed by atoms with van der Waals surface area (Å²) in [5, 5.41) is 3.65. The fourth-order valence-electron chi connectivity index (χ4n) is 2.14. The van der Waals surface area contributed by atoms with Crippen molar-refractivity contribution >= 4 is 0 Å². The van der Waals surface area contributed by atoms with E-state index in [0.29, 0.717) is 12.0 Å². The van der Waals surface area contributed by atoms with E-state index < -0.39 is 0 Å². The van der Waals surface area contributed by atoms with Gasteiger partial charge in [0.1, 0.15) is 0 Å². The smallest absolute Gasteiger partial charge is 0.0105 e. The highest BCUT2D eigenvalue weighted by Crippen LogP contribution is 2.31. The van der Waals surface area contributed by atoms with Crippen LogP contribution in [-0.4, -0.2) is 12.6 Å². The Hall–Kier alpha value is -0.820. The van der Waals surface area contributed by atoms with Gasteiger partial charge in [0.25, 0.3) is 0 Å². The second-order valence-corrected chi connectivity index (χ2v) is 5.17. The first-order valence-corrected chi connectivity index (χ1v) is 6.55. The second-order valence-electron chi connectivity index (χ2n) is 5.17. The molecule has 0 aliphatic heterocycles. The van der Waals surface area contributed by atoms with E-state index in [1.54, 1.807) is 0 Å². The molecule has 0 radical (unpaired) electrons. The third-order valence-corrected chi connectivity index (χ3v) is 3.79. The van der Waals surface area contributed by atoms with E-state index in [2.05, 4.69) is 49.5 Å². The predicted octanol–water partition coefficient (Wildman–Crippen LogP) is 3.57. The van der Waals surface area contributed by atoms with Crippen LogP contribution in [0.1, 0.15) is 44.6 Å². The van der Waals surface area contributed by atoms with Crippen molar-refractivity contribution in [3.05, 3.63) is 35.9 Å². The van der Waals surface area contributed by atoms with E-state index in [-0.39, 0.29) is 0 Å². The average Bonchev–Trinajstić information content (AvgIpc) is 3.13. The summed E-state index contributed by atoms with van der Waals surface area (Å²) in [5.74, 6) is 1.63. The molecular formula is C15H23N. The highest BCUT2D eigenvalue weighted by molar-refractivity contribution is 5.20. The maximum Gasteiger partial charge on any atom is 0.0105 e. The Kier molecular flexibility index (Phi) is 4.00. The Labute approximate surface area is 99.3 Å². The van der Waals surface area contributed by atoms with Crippen molar-refractivity contribution in [1.82, 2.24) is 5.32 Å². The largest absolute Gasteiger partial charge is 0.314 e.